The Morgan fingerprint density at radius 2 is 1.69 bits per heavy atom. The van der Waals surface area contributed by atoms with Crippen LogP contribution in [0.5, 0.6) is 5.75 Å². The summed E-state index contributed by atoms with van der Waals surface area (Å²) in [6.07, 6.45) is 1.59. The van der Waals surface area contributed by atoms with Crippen LogP contribution in [0.1, 0.15) is 25.0 Å². The summed E-state index contributed by atoms with van der Waals surface area (Å²) in [4.78, 5) is 14.9. The van der Waals surface area contributed by atoms with Crippen LogP contribution < -0.4 is 15.0 Å². The number of carbonyl (C=O) groups is 1. The standard InChI is InChI=1S/C27H27N3O2/c1-3-30(20-22-10-6-5-7-11-22)24-16-14-21(15-17-24)18-23(19-28)27(31)29-25-12-8-9-13-26(25)32-4-2/h5-18H,3-4,20H2,1-2H3,(H,29,31)/b23-18+. The van der Waals surface area contributed by atoms with E-state index in [2.05, 4.69) is 29.3 Å². The quantitative estimate of drug-likeness (QED) is 0.355. The van der Waals surface area contributed by atoms with Crippen molar-refractivity contribution in [3.8, 4) is 11.8 Å². The van der Waals surface area contributed by atoms with Crippen molar-refractivity contribution >= 4 is 23.4 Å². The SMILES string of the molecule is CCOc1ccccc1NC(=O)/C(C#N)=C/c1ccc(N(CC)Cc2ccccc2)cc1. The van der Waals surface area contributed by atoms with Gasteiger partial charge in [-0.2, -0.15) is 5.26 Å². The van der Waals surface area contributed by atoms with Gasteiger partial charge in [0, 0.05) is 18.8 Å². The molecule has 5 heteroatoms. The van der Waals surface area contributed by atoms with Crippen LogP contribution >= 0.6 is 0 Å². The molecule has 1 N–H and O–H groups in total. The summed E-state index contributed by atoms with van der Waals surface area (Å²) in [6.45, 7) is 6.17. The largest absolute Gasteiger partial charge is 0.492 e. The van der Waals surface area contributed by atoms with Gasteiger partial charge in [0.15, 0.2) is 0 Å². The van der Waals surface area contributed by atoms with Crippen molar-refractivity contribution in [3.05, 3.63) is 95.6 Å². The molecule has 0 aliphatic heterocycles. The fourth-order valence-electron chi connectivity index (χ4n) is 3.33. The third-order valence-electron chi connectivity index (χ3n) is 4.97. The molecule has 1 amide bonds. The first-order chi connectivity index (χ1) is 15.6. The molecule has 0 aliphatic carbocycles. The molecule has 3 aromatic rings. The topological polar surface area (TPSA) is 65.4 Å². The van der Waals surface area contributed by atoms with Crippen molar-refractivity contribution in [2.45, 2.75) is 20.4 Å². The first-order valence-corrected chi connectivity index (χ1v) is 10.7. The van der Waals surface area contributed by atoms with Crippen molar-refractivity contribution in [2.24, 2.45) is 0 Å². The molecular formula is C27H27N3O2. The van der Waals surface area contributed by atoms with Crippen molar-refractivity contribution in [1.82, 2.24) is 0 Å². The summed E-state index contributed by atoms with van der Waals surface area (Å²) in [5.41, 5.74) is 3.68. The Labute approximate surface area is 189 Å². The van der Waals surface area contributed by atoms with E-state index < -0.39 is 5.91 Å². The summed E-state index contributed by atoms with van der Waals surface area (Å²) >= 11 is 0. The van der Waals surface area contributed by atoms with E-state index in [0.29, 0.717) is 18.0 Å². The fourth-order valence-corrected chi connectivity index (χ4v) is 3.33. The number of carbonyl (C=O) groups excluding carboxylic acids is 1. The van der Waals surface area contributed by atoms with Crippen LogP contribution in [-0.4, -0.2) is 19.1 Å². The summed E-state index contributed by atoms with van der Waals surface area (Å²) in [6, 6.07) is 27.3. The Bertz CT molecular complexity index is 1100. The van der Waals surface area contributed by atoms with Gasteiger partial charge in [0.05, 0.1) is 12.3 Å². The summed E-state index contributed by atoms with van der Waals surface area (Å²) < 4.78 is 5.54. The minimum Gasteiger partial charge on any atom is -0.492 e. The van der Waals surface area contributed by atoms with Gasteiger partial charge in [-0.1, -0.05) is 54.6 Å². The average molecular weight is 426 g/mol. The van der Waals surface area contributed by atoms with Crippen LogP contribution in [0, 0.1) is 11.3 Å². The van der Waals surface area contributed by atoms with Gasteiger partial charge >= 0.3 is 0 Å². The van der Waals surface area contributed by atoms with Crippen LogP contribution in [0.25, 0.3) is 6.08 Å². The molecule has 0 atom stereocenters. The molecular weight excluding hydrogens is 398 g/mol. The van der Waals surface area contributed by atoms with Gasteiger partial charge < -0.3 is 15.0 Å². The van der Waals surface area contributed by atoms with Crippen molar-refractivity contribution in [1.29, 1.82) is 5.26 Å². The van der Waals surface area contributed by atoms with E-state index >= 15 is 0 Å². The maximum Gasteiger partial charge on any atom is 0.266 e. The molecule has 0 saturated carbocycles. The van der Waals surface area contributed by atoms with E-state index in [1.54, 1.807) is 18.2 Å². The van der Waals surface area contributed by atoms with Crippen LogP contribution in [0.4, 0.5) is 11.4 Å². The number of hydrogen-bond donors (Lipinski definition) is 1. The number of para-hydroxylation sites is 2. The predicted octanol–water partition coefficient (Wildman–Crippen LogP) is 5.66. The van der Waals surface area contributed by atoms with E-state index in [1.807, 2.05) is 67.6 Å². The molecule has 0 fully saturated rings. The maximum absolute atomic E-state index is 12.7. The fraction of sp³-hybridized carbons (Fsp3) is 0.185. The number of rotatable bonds is 9. The average Bonchev–Trinajstić information content (AvgIpc) is 2.83. The zero-order chi connectivity index (χ0) is 22.8. The van der Waals surface area contributed by atoms with Crippen molar-refractivity contribution in [3.63, 3.8) is 0 Å². The Morgan fingerprint density at radius 3 is 2.34 bits per heavy atom. The summed E-state index contributed by atoms with van der Waals surface area (Å²) in [7, 11) is 0. The van der Waals surface area contributed by atoms with Crippen LogP contribution in [0.2, 0.25) is 0 Å². The van der Waals surface area contributed by atoms with Gasteiger partial charge in [0.1, 0.15) is 17.4 Å². The highest BCUT2D eigenvalue weighted by Gasteiger charge is 2.13. The van der Waals surface area contributed by atoms with Crippen LogP contribution in [0.3, 0.4) is 0 Å². The molecule has 0 aliphatic rings. The number of nitriles is 1. The van der Waals surface area contributed by atoms with Gasteiger partial charge in [0.25, 0.3) is 5.91 Å². The third kappa shape index (κ3) is 5.99. The number of hydrogen-bond acceptors (Lipinski definition) is 4. The first-order valence-electron chi connectivity index (χ1n) is 10.7. The molecule has 0 bridgehead atoms. The molecule has 3 aromatic carbocycles. The third-order valence-corrected chi connectivity index (χ3v) is 4.97. The lowest BCUT2D eigenvalue weighted by Gasteiger charge is -2.23. The van der Waals surface area contributed by atoms with E-state index in [9.17, 15) is 10.1 Å². The highest BCUT2D eigenvalue weighted by atomic mass is 16.5. The van der Waals surface area contributed by atoms with E-state index in [0.717, 1.165) is 24.3 Å². The van der Waals surface area contributed by atoms with Gasteiger partial charge in [-0.25, -0.2) is 0 Å². The molecule has 162 valence electrons. The van der Waals surface area contributed by atoms with E-state index in [-0.39, 0.29) is 5.57 Å². The van der Waals surface area contributed by atoms with Gasteiger partial charge in [0.2, 0.25) is 0 Å². The second-order valence-corrected chi connectivity index (χ2v) is 7.14. The zero-order valence-electron chi connectivity index (χ0n) is 18.4. The Kier molecular flexibility index (Phi) is 8.05. The minimum absolute atomic E-state index is 0.0284. The lowest BCUT2D eigenvalue weighted by molar-refractivity contribution is -0.112. The molecule has 0 aromatic heterocycles. The summed E-state index contributed by atoms with van der Waals surface area (Å²) in [5.74, 6) is 0.103. The molecule has 0 radical (unpaired) electrons. The molecule has 32 heavy (non-hydrogen) atoms. The number of nitrogens with zero attached hydrogens (tertiary/aromatic N) is 2. The normalized spacial score (nSPS) is 10.8. The number of benzene rings is 3. The minimum atomic E-state index is -0.469. The molecule has 3 rings (SSSR count). The number of amides is 1. The zero-order valence-corrected chi connectivity index (χ0v) is 18.4. The Hall–Kier alpha value is -4.04. The van der Waals surface area contributed by atoms with Gasteiger partial charge in [-0.05, 0) is 55.3 Å². The lowest BCUT2D eigenvalue weighted by atomic mass is 10.1. The lowest BCUT2D eigenvalue weighted by Crippen LogP contribution is -2.21. The molecule has 0 unspecified atom stereocenters. The highest BCUT2D eigenvalue weighted by Crippen LogP contribution is 2.25. The Balaban J connectivity index is 1.73. The van der Waals surface area contributed by atoms with E-state index in [1.165, 1.54) is 5.56 Å². The predicted molar refractivity (Wildman–Crippen MR) is 129 cm³/mol. The highest BCUT2D eigenvalue weighted by molar-refractivity contribution is 6.10. The first kappa shape index (κ1) is 22.6. The van der Waals surface area contributed by atoms with Gasteiger partial charge in [-0.15, -0.1) is 0 Å². The van der Waals surface area contributed by atoms with Gasteiger partial charge in [-0.3, -0.25) is 4.79 Å². The molecule has 0 spiro atoms. The van der Waals surface area contributed by atoms with Crippen molar-refractivity contribution in [2.75, 3.05) is 23.4 Å². The van der Waals surface area contributed by atoms with Crippen molar-refractivity contribution < 1.29 is 9.53 Å². The second kappa shape index (κ2) is 11.4. The van der Waals surface area contributed by atoms with Crippen LogP contribution in [0.15, 0.2) is 84.4 Å². The second-order valence-electron chi connectivity index (χ2n) is 7.14. The molecule has 0 saturated heterocycles. The maximum atomic E-state index is 12.7. The van der Waals surface area contributed by atoms with E-state index in [4.69, 9.17) is 4.74 Å². The monoisotopic (exact) mass is 425 g/mol. The number of anilines is 2. The molecule has 0 heterocycles. The summed E-state index contributed by atoms with van der Waals surface area (Å²) in [5, 5.41) is 12.3. The number of nitrogens with one attached hydrogen (secondary N) is 1. The Morgan fingerprint density at radius 1 is 1.00 bits per heavy atom. The van der Waals surface area contributed by atoms with Crippen LogP contribution in [-0.2, 0) is 11.3 Å². The molecule has 5 nitrogen and oxygen atoms in total. The number of ether oxygens (including phenoxy) is 1. The smallest absolute Gasteiger partial charge is 0.266 e.